The van der Waals surface area contributed by atoms with Gasteiger partial charge in [-0.3, -0.25) is 9.78 Å². The van der Waals surface area contributed by atoms with E-state index in [4.69, 9.17) is 10.7 Å². The zero-order valence-corrected chi connectivity index (χ0v) is 16.4. The predicted molar refractivity (Wildman–Crippen MR) is 111 cm³/mol. The maximum Gasteiger partial charge on any atom is 0.254 e. The first-order valence-corrected chi connectivity index (χ1v) is 9.94. The molecule has 2 aliphatic rings. The molecule has 8 heteroatoms. The molecule has 29 heavy (non-hydrogen) atoms. The number of fused-ring (bicyclic) bond motifs is 2. The van der Waals surface area contributed by atoms with Crippen molar-refractivity contribution in [1.29, 1.82) is 0 Å². The second-order valence-electron chi connectivity index (χ2n) is 7.98. The largest absolute Gasteiger partial charge is 0.368 e. The highest BCUT2D eigenvalue weighted by Gasteiger charge is 2.44. The Morgan fingerprint density at radius 1 is 1.17 bits per heavy atom. The fourth-order valence-corrected chi connectivity index (χ4v) is 4.68. The van der Waals surface area contributed by atoms with Crippen LogP contribution in [-0.2, 0) is 11.8 Å². The van der Waals surface area contributed by atoms with Crippen molar-refractivity contribution in [3.05, 3.63) is 57.9 Å². The zero-order chi connectivity index (χ0) is 20.0. The van der Waals surface area contributed by atoms with Crippen molar-refractivity contribution in [2.24, 2.45) is 0 Å². The molecule has 8 nitrogen and oxygen atoms in total. The summed E-state index contributed by atoms with van der Waals surface area (Å²) in [6.07, 6.45) is 7.07. The van der Waals surface area contributed by atoms with Crippen molar-refractivity contribution in [1.82, 2.24) is 24.9 Å². The number of rotatable bonds is 2. The molecule has 1 fully saturated rings. The lowest BCUT2D eigenvalue weighted by Crippen LogP contribution is -2.42. The van der Waals surface area contributed by atoms with Crippen molar-refractivity contribution in [3.63, 3.8) is 0 Å². The summed E-state index contributed by atoms with van der Waals surface area (Å²) in [5.74, 6) is 1.78. The van der Waals surface area contributed by atoms with Gasteiger partial charge in [-0.05, 0) is 44.7 Å². The molecule has 3 aromatic heterocycles. The van der Waals surface area contributed by atoms with E-state index >= 15 is 0 Å². The molecule has 1 aliphatic carbocycles. The Morgan fingerprint density at radius 3 is 2.72 bits per heavy atom. The van der Waals surface area contributed by atoms with E-state index in [2.05, 4.69) is 24.8 Å². The predicted octanol–water partition coefficient (Wildman–Crippen LogP) is 2.00. The van der Waals surface area contributed by atoms with Gasteiger partial charge in [0.15, 0.2) is 0 Å². The minimum absolute atomic E-state index is 0.0210. The monoisotopic (exact) mass is 389 g/mol. The molecular formula is C21H23N7O. The number of hydrogen-bond donors (Lipinski definition) is 2. The van der Waals surface area contributed by atoms with Crippen LogP contribution < -0.4 is 16.2 Å². The second kappa shape index (κ2) is 6.65. The normalized spacial score (nSPS) is 17.5. The highest BCUT2D eigenvalue weighted by molar-refractivity contribution is 5.54. The molecule has 148 valence electrons. The molecule has 4 heterocycles. The van der Waals surface area contributed by atoms with E-state index in [1.807, 2.05) is 25.1 Å². The minimum Gasteiger partial charge on any atom is -0.368 e. The molecule has 3 aromatic rings. The molecule has 0 aromatic carbocycles. The molecule has 0 unspecified atom stereocenters. The van der Waals surface area contributed by atoms with Crippen molar-refractivity contribution < 1.29 is 0 Å². The lowest BCUT2D eigenvalue weighted by molar-refractivity contribution is 0.322. The van der Waals surface area contributed by atoms with Gasteiger partial charge < -0.3 is 15.6 Å². The van der Waals surface area contributed by atoms with Crippen LogP contribution in [0.5, 0.6) is 0 Å². The Bertz CT molecular complexity index is 1100. The summed E-state index contributed by atoms with van der Waals surface area (Å²) in [6.45, 7) is 3.63. The maximum absolute atomic E-state index is 12.7. The van der Waals surface area contributed by atoms with Crippen molar-refractivity contribution in [2.45, 2.75) is 38.0 Å². The number of piperidine rings is 1. The van der Waals surface area contributed by atoms with Crippen LogP contribution in [0.2, 0.25) is 0 Å². The molecule has 5 rings (SSSR count). The van der Waals surface area contributed by atoms with Crippen LogP contribution in [0.3, 0.4) is 0 Å². The number of aromatic nitrogens is 5. The topological polar surface area (TPSA) is 114 Å². The number of nitrogen functional groups attached to an aromatic ring is 1. The Morgan fingerprint density at radius 2 is 2.00 bits per heavy atom. The van der Waals surface area contributed by atoms with Crippen molar-refractivity contribution in [3.8, 4) is 11.4 Å². The highest BCUT2D eigenvalue weighted by atomic mass is 16.1. The number of hydrogen-bond acceptors (Lipinski definition) is 7. The van der Waals surface area contributed by atoms with Gasteiger partial charge in [-0.15, -0.1) is 0 Å². The van der Waals surface area contributed by atoms with E-state index in [1.165, 1.54) is 0 Å². The van der Waals surface area contributed by atoms with Crippen LogP contribution in [0.4, 0.5) is 11.8 Å². The van der Waals surface area contributed by atoms with E-state index in [0.29, 0.717) is 11.8 Å². The summed E-state index contributed by atoms with van der Waals surface area (Å²) >= 11 is 0. The van der Waals surface area contributed by atoms with Gasteiger partial charge in [0.25, 0.3) is 5.56 Å². The van der Waals surface area contributed by atoms with Crippen LogP contribution in [-0.4, -0.2) is 38.0 Å². The van der Waals surface area contributed by atoms with Crippen LogP contribution in [0.1, 0.15) is 36.2 Å². The Hall–Kier alpha value is -3.29. The summed E-state index contributed by atoms with van der Waals surface area (Å²) in [5, 5.41) is 0. The van der Waals surface area contributed by atoms with Crippen LogP contribution in [0.25, 0.3) is 11.4 Å². The first kappa shape index (κ1) is 17.8. The highest BCUT2D eigenvalue weighted by Crippen LogP contribution is 2.45. The van der Waals surface area contributed by atoms with Gasteiger partial charge in [-0.2, -0.15) is 4.98 Å². The summed E-state index contributed by atoms with van der Waals surface area (Å²) in [5.41, 5.74) is 9.27. The molecule has 3 N–H and O–H groups in total. The van der Waals surface area contributed by atoms with Crippen LogP contribution in [0, 0.1) is 6.92 Å². The Balaban J connectivity index is 1.46. The molecule has 0 saturated carbocycles. The van der Waals surface area contributed by atoms with E-state index in [9.17, 15) is 4.79 Å². The van der Waals surface area contributed by atoms with Crippen molar-refractivity contribution >= 4 is 11.8 Å². The van der Waals surface area contributed by atoms with Gasteiger partial charge in [-0.25, -0.2) is 9.97 Å². The molecule has 1 saturated heterocycles. The minimum atomic E-state index is -0.0509. The van der Waals surface area contributed by atoms with Gasteiger partial charge in [-0.1, -0.05) is 0 Å². The number of aryl methyl sites for hydroxylation is 1. The molecule has 0 amide bonds. The van der Waals surface area contributed by atoms with E-state index in [1.54, 1.807) is 12.4 Å². The average Bonchev–Trinajstić information content (AvgIpc) is 3.07. The van der Waals surface area contributed by atoms with Crippen LogP contribution in [0.15, 0.2) is 35.4 Å². The van der Waals surface area contributed by atoms with Gasteiger partial charge in [0.2, 0.25) is 5.95 Å². The van der Waals surface area contributed by atoms with E-state index < -0.39 is 0 Å². The first-order valence-electron chi connectivity index (χ1n) is 9.94. The summed E-state index contributed by atoms with van der Waals surface area (Å²) < 4.78 is 0. The number of nitrogens with two attached hydrogens (primary N) is 1. The summed E-state index contributed by atoms with van der Waals surface area (Å²) in [4.78, 5) is 35.6. The SMILES string of the molecule is Cc1cc(N2CCC3(CCc4c3nc(-c3cccnc3)[nH]c4=O)CC2)nc(N)n1. The summed E-state index contributed by atoms with van der Waals surface area (Å²) in [7, 11) is 0. The third kappa shape index (κ3) is 3.04. The zero-order valence-electron chi connectivity index (χ0n) is 16.4. The number of pyridine rings is 1. The van der Waals surface area contributed by atoms with Gasteiger partial charge >= 0.3 is 0 Å². The van der Waals surface area contributed by atoms with E-state index in [-0.39, 0.29) is 11.0 Å². The number of nitrogens with zero attached hydrogens (tertiary/aromatic N) is 5. The quantitative estimate of drug-likeness (QED) is 0.689. The number of aromatic amines is 1. The van der Waals surface area contributed by atoms with Crippen molar-refractivity contribution in [2.75, 3.05) is 23.7 Å². The second-order valence-corrected chi connectivity index (χ2v) is 7.98. The molecule has 1 spiro atoms. The fraction of sp³-hybridized carbons (Fsp3) is 0.381. The fourth-order valence-electron chi connectivity index (χ4n) is 4.68. The molecule has 1 aliphatic heterocycles. The maximum atomic E-state index is 12.7. The smallest absolute Gasteiger partial charge is 0.254 e. The lowest BCUT2D eigenvalue weighted by Gasteiger charge is -2.40. The molecule has 0 radical (unpaired) electrons. The van der Waals surface area contributed by atoms with Gasteiger partial charge in [0.05, 0.1) is 5.69 Å². The number of H-pyrrole nitrogens is 1. The molecule has 0 bridgehead atoms. The molecular weight excluding hydrogens is 366 g/mol. The molecule has 0 atom stereocenters. The standard InChI is InChI=1S/C21H23N7O/c1-13-11-16(25-20(22)24-13)28-9-6-21(7-10-28)5-4-15-17(21)26-18(27-19(15)29)14-3-2-8-23-12-14/h2-3,8,11-12H,4-7,9-10H2,1H3,(H2,22,24,25)(H,26,27,29). The average molecular weight is 389 g/mol. The van der Waals surface area contributed by atoms with Crippen LogP contribution >= 0.6 is 0 Å². The third-order valence-electron chi connectivity index (χ3n) is 6.21. The first-order chi connectivity index (χ1) is 14.0. The number of nitrogens with one attached hydrogen (secondary N) is 1. The van der Waals surface area contributed by atoms with Gasteiger partial charge in [0, 0.05) is 53.8 Å². The summed E-state index contributed by atoms with van der Waals surface area (Å²) in [6, 6.07) is 5.75. The van der Waals surface area contributed by atoms with Gasteiger partial charge in [0.1, 0.15) is 11.6 Å². The number of anilines is 2. The lowest BCUT2D eigenvalue weighted by atomic mass is 9.76. The van der Waals surface area contributed by atoms with E-state index in [0.717, 1.165) is 67.1 Å². The Kier molecular flexibility index (Phi) is 4.08. The Labute approximate surface area is 168 Å². The third-order valence-corrected chi connectivity index (χ3v) is 6.21.